The fourth-order valence-electron chi connectivity index (χ4n) is 4.33. The summed E-state index contributed by atoms with van der Waals surface area (Å²) in [5.74, 6) is -0.567. The molecule has 0 aliphatic rings. The maximum absolute atomic E-state index is 12.9. The smallest absolute Gasteiger partial charge is 0.338 e. The third-order valence-corrected chi connectivity index (χ3v) is 9.46. The number of carbonyl (C=O) groups is 1. The first-order valence-electron chi connectivity index (χ1n) is 13.0. The Morgan fingerprint density at radius 3 is 1.60 bits per heavy atom. The molecule has 0 saturated heterocycles. The van der Waals surface area contributed by atoms with Crippen molar-refractivity contribution in [2.24, 2.45) is 0 Å². The molecule has 0 bridgehead atoms. The molecule has 0 aliphatic carbocycles. The third kappa shape index (κ3) is 8.21. The van der Waals surface area contributed by atoms with Crippen LogP contribution in [0.1, 0.15) is 27.0 Å². The summed E-state index contributed by atoms with van der Waals surface area (Å²) in [6, 6.07) is 44.5. The lowest BCUT2D eigenvalue weighted by Gasteiger charge is -2.18. The van der Waals surface area contributed by atoms with Crippen molar-refractivity contribution in [2.75, 3.05) is 7.11 Å². The van der Waals surface area contributed by atoms with Crippen molar-refractivity contribution in [1.29, 1.82) is 0 Å². The standard InChI is InChI=1S/C18H15P.C17H16BrFO2/c1-4-10-16(11-5-1)19(17-12-6-2-7-13-17)18-14-8-3-9-15-18;1-21-17(20)16-10-13(11-18)3-7-14(16)6-2-12-4-8-15(19)9-5-12/h1-15H;3-5,7-10H,2,6,11H2,1H3. The van der Waals surface area contributed by atoms with Crippen LogP contribution in [0, 0.1) is 5.82 Å². The Bertz CT molecular complexity index is 1380. The minimum absolute atomic E-state index is 0.240. The Balaban J connectivity index is 0.000000186. The monoisotopic (exact) mass is 612 g/mol. The maximum Gasteiger partial charge on any atom is 0.338 e. The molecule has 0 N–H and O–H groups in total. The number of esters is 1. The van der Waals surface area contributed by atoms with Crippen LogP contribution in [0.15, 0.2) is 133 Å². The van der Waals surface area contributed by atoms with E-state index in [0.717, 1.165) is 23.1 Å². The zero-order valence-corrected chi connectivity index (χ0v) is 24.8. The molecule has 0 spiro atoms. The molecule has 5 aromatic rings. The minimum Gasteiger partial charge on any atom is -0.465 e. The highest BCUT2D eigenvalue weighted by atomic mass is 79.9. The molecular formula is C35H31BrFO2P. The molecule has 0 aliphatic heterocycles. The number of benzene rings is 5. The first-order valence-corrected chi connectivity index (χ1v) is 15.5. The van der Waals surface area contributed by atoms with Gasteiger partial charge in [0.15, 0.2) is 0 Å². The summed E-state index contributed by atoms with van der Waals surface area (Å²) in [4.78, 5) is 11.9. The Hall–Kier alpha value is -3.59. The lowest BCUT2D eigenvalue weighted by Crippen LogP contribution is -2.20. The number of hydrogen-bond donors (Lipinski definition) is 0. The second-order valence-corrected chi connectivity index (χ2v) is 11.9. The largest absolute Gasteiger partial charge is 0.465 e. The zero-order chi connectivity index (χ0) is 28.2. The highest BCUT2D eigenvalue weighted by Gasteiger charge is 2.15. The van der Waals surface area contributed by atoms with Crippen LogP contribution in [0.4, 0.5) is 4.39 Å². The summed E-state index contributed by atoms with van der Waals surface area (Å²) in [5.41, 5.74) is 3.60. The summed E-state index contributed by atoms with van der Waals surface area (Å²) in [7, 11) is 0.936. The van der Waals surface area contributed by atoms with E-state index in [2.05, 4.69) is 107 Å². The van der Waals surface area contributed by atoms with Gasteiger partial charge >= 0.3 is 5.97 Å². The van der Waals surface area contributed by atoms with Crippen molar-refractivity contribution in [2.45, 2.75) is 18.2 Å². The molecule has 0 radical (unpaired) electrons. The van der Waals surface area contributed by atoms with Crippen LogP contribution in [-0.2, 0) is 22.9 Å². The number of aryl methyl sites for hydroxylation is 2. The number of methoxy groups -OCH3 is 1. The average molecular weight is 614 g/mol. The van der Waals surface area contributed by atoms with Gasteiger partial charge in [0, 0.05) is 5.33 Å². The van der Waals surface area contributed by atoms with Gasteiger partial charge in [-0.15, -0.1) is 0 Å². The first kappa shape index (κ1) is 29.4. The molecule has 40 heavy (non-hydrogen) atoms. The van der Waals surface area contributed by atoms with Crippen LogP contribution in [0.25, 0.3) is 0 Å². The predicted octanol–water partition coefficient (Wildman–Crippen LogP) is 7.74. The van der Waals surface area contributed by atoms with Crippen LogP contribution in [0.2, 0.25) is 0 Å². The Labute approximate surface area is 245 Å². The van der Waals surface area contributed by atoms with E-state index in [1.165, 1.54) is 35.2 Å². The van der Waals surface area contributed by atoms with Crippen molar-refractivity contribution in [1.82, 2.24) is 0 Å². The number of alkyl halides is 1. The molecule has 2 nitrogen and oxygen atoms in total. The molecular weight excluding hydrogens is 582 g/mol. The number of carbonyl (C=O) groups excluding carboxylic acids is 1. The molecule has 0 unspecified atom stereocenters. The van der Waals surface area contributed by atoms with Crippen molar-refractivity contribution in [3.63, 3.8) is 0 Å². The van der Waals surface area contributed by atoms with E-state index in [-0.39, 0.29) is 11.8 Å². The van der Waals surface area contributed by atoms with Crippen LogP contribution in [0.3, 0.4) is 0 Å². The second-order valence-electron chi connectivity index (χ2n) is 9.09. The van der Waals surface area contributed by atoms with E-state index >= 15 is 0 Å². The SMILES string of the molecule is COC(=O)c1cc(CBr)ccc1CCc1ccc(F)cc1.c1ccc(P(c2ccccc2)c2ccccc2)cc1. The van der Waals surface area contributed by atoms with Gasteiger partial charge in [0.1, 0.15) is 5.82 Å². The summed E-state index contributed by atoms with van der Waals surface area (Å²) < 4.78 is 17.7. The molecule has 202 valence electrons. The first-order chi connectivity index (χ1) is 19.6. The molecule has 0 fully saturated rings. The van der Waals surface area contributed by atoms with E-state index in [9.17, 15) is 9.18 Å². The molecule has 0 amide bonds. The molecule has 0 saturated carbocycles. The van der Waals surface area contributed by atoms with E-state index in [1.807, 2.05) is 18.2 Å². The molecule has 0 heterocycles. The lowest BCUT2D eigenvalue weighted by atomic mass is 9.98. The highest BCUT2D eigenvalue weighted by molar-refractivity contribution is 9.08. The summed E-state index contributed by atoms with van der Waals surface area (Å²) in [6.45, 7) is 0. The van der Waals surface area contributed by atoms with Gasteiger partial charge < -0.3 is 4.74 Å². The summed E-state index contributed by atoms with van der Waals surface area (Å²) >= 11 is 3.38. The van der Waals surface area contributed by atoms with Gasteiger partial charge in [0.25, 0.3) is 0 Å². The Morgan fingerprint density at radius 2 is 1.15 bits per heavy atom. The summed E-state index contributed by atoms with van der Waals surface area (Å²) in [5, 5.41) is 4.88. The molecule has 0 aromatic heterocycles. The number of halogens is 2. The van der Waals surface area contributed by atoms with Crippen molar-refractivity contribution >= 4 is 45.7 Å². The predicted molar refractivity (Wildman–Crippen MR) is 169 cm³/mol. The number of hydrogen-bond acceptors (Lipinski definition) is 2. The molecule has 5 aromatic carbocycles. The Morgan fingerprint density at radius 1 is 0.675 bits per heavy atom. The maximum atomic E-state index is 12.9. The number of ether oxygens (including phenoxy) is 1. The fourth-order valence-corrected chi connectivity index (χ4v) is 6.99. The van der Waals surface area contributed by atoms with Crippen molar-refractivity contribution in [3.05, 3.63) is 162 Å². The quantitative estimate of drug-likeness (QED) is 0.102. The number of rotatable bonds is 8. The molecule has 0 atom stereocenters. The minimum atomic E-state index is -0.446. The van der Waals surface area contributed by atoms with Gasteiger partial charge in [0.2, 0.25) is 0 Å². The third-order valence-electron chi connectivity index (χ3n) is 6.37. The van der Waals surface area contributed by atoms with Gasteiger partial charge in [-0.05, 0) is 71.6 Å². The van der Waals surface area contributed by atoms with E-state index in [0.29, 0.717) is 17.3 Å². The van der Waals surface area contributed by atoms with Crippen molar-refractivity contribution < 1.29 is 13.9 Å². The van der Waals surface area contributed by atoms with E-state index < -0.39 is 7.92 Å². The van der Waals surface area contributed by atoms with E-state index in [1.54, 1.807) is 12.1 Å². The van der Waals surface area contributed by atoms with Gasteiger partial charge in [0.05, 0.1) is 12.7 Å². The fraction of sp³-hybridized carbons (Fsp3) is 0.114. The zero-order valence-electron chi connectivity index (χ0n) is 22.3. The van der Waals surface area contributed by atoms with Crippen LogP contribution >= 0.6 is 23.9 Å². The molecule has 5 heteroatoms. The van der Waals surface area contributed by atoms with Gasteiger partial charge in [-0.1, -0.05) is 131 Å². The second kappa shape index (κ2) is 15.3. The van der Waals surface area contributed by atoms with Crippen LogP contribution in [-0.4, -0.2) is 13.1 Å². The van der Waals surface area contributed by atoms with Crippen LogP contribution in [0.5, 0.6) is 0 Å². The van der Waals surface area contributed by atoms with Crippen molar-refractivity contribution in [3.8, 4) is 0 Å². The van der Waals surface area contributed by atoms with Gasteiger partial charge in [-0.3, -0.25) is 0 Å². The Kier molecular flexibility index (Phi) is 11.2. The van der Waals surface area contributed by atoms with Gasteiger partial charge in [-0.2, -0.15) is 0 Å². The lowest BCUT2D eigenvalue weighted by molar-refractivity contribution is 0.0599. The topological polar surface area (TPSA) is 26.3 Å². The summed E-state index contributed by atoms with van der Waals surface area (Å²) in [6.07, 6.45) is 1.45. The molecule has 5 rings (SSSR count). The highest BCUT2D eigenvalue weighted by Crippen LogP contribution is 2.32. The van der Waals surface area contributed by atoms with E-state index in [4.69, 9.17) is 4.74 Å². The van der Waals surface area contributed by atoms with Gasteiger partial charge in [-0.25, -0.2) is 9.18 Å². The van der Waals surface area contributed by atoms with Crippen LogP contribution < -0.4 is 15.9 Å². The average Bonchev–Trinajstić information content (AvgIpc) is 3.02. The normalized spacial score (nSPS) is 10.5.